The lowest BCUT2D eigenvalue weighted by molar-refractivity contribution is -0.125. The van der Waals surface area contributed by atoms with Crippen LogP contribution < -0.4 is 10.2 Å². The number of amides is 1. The van der Waals surface area contributed by atoms with Crippen molar-refractivity contribution in [3.05, 3.63) is 54.5 Å². The SMILES string of the molecule is O=C(NCc1ccncc1)C1CCCN(c2nnc3ccccn23)C1. The Bertz CT molecular complexity index is 862. The van der Waals surface area contributed by atoms with E-state index in [1.54, 1.807) is 12.4 Å². The molecule has 1 aliphatic heterocycles. The second-order valence-electron chi connectivity index (χ2n) is 6.29. The first-order chi connectivity index (χ1) is 12.3. The van der Waals surface area contributed by atoms with Gasteiger partial charge in [0.05, 0.1) is 5.92 Å². The number of hydrogen-bond donors (Lipinski definition) is 1. The topological polar surface area (TPSA) is 75.4 Å². The average Bonchev–Trinajstić information content (AvgIpc) is 3.11. The van der Waals surface area contributed by atoms with Gasteiger partial charge in [0, 0.05) is 38.2 Å². The second kappa shape index (κ2) is 6.88. The molecule has 4 rings (SSSR count). The number of aromatic nitrogens is 4. The summed E-state index contributed by atoms with van der Waals surface area (Å²) < 4.78 is 1.97. The van der Waals surface area contributed by atoms with Crippen LogP contribution in [0.1, 0.15) is 18.4 Å². The molecule has 7 nitrogen and oxygen atoms in total. The Morgan fingerprint density at radius 2 is 2.08 bits per heavy atom. The van der Waals surface area contributed by atoms with E-state index in [0.29, 0.717) is 13.1 Å². The van der Waals surface area contributed by atoms with Gasteiger partial charge in [-0.2, -0.15) is 0 Å². The fraction of sp³-hybridized carbons (Fsp3) is 0.333. The molecule has 3 aromatic rings. The van der Waals surface area contributed by atoms with Crippen LogP contribution in [-0.2, 0) is 11.3 Å². The number of carbonyl (C=O) groups excluding carboxylic acids is 1. The van der Waals surface area contributed by atoms with Crippen LogP contribution in [-0.4, -0.2) is 38.6 Å². The van der Waals surface area contributed by atoms with Gasteiger partial charge in [-0.1, -0.05) is 6.07 Å². The molecule has 7 heteroatoms. The largest absolute Gasteiger partial charge is 0.352 e. The van der Waals surface area contributed by atoms with Crippen LogP contribution in [0.4, 0.5) is 5.95 Å². The predicted octanol–water partition coefficient (Wildman–Crippen LogP) is 1.66. The maximum Gasteiger partial charge on any atom is 0.231 e. The number of piperidine rings is 1. The summed E-state index contributed by atoms with van der Waals surface area (Å²) in [7, 11) is 0. The molecule has 0 aliphatic carbocycles. The third-order valence-corrected chi connectivity index (χ3v) is 4.59. The first kappa shape index (κ1) is 15.6. The van der Waals surface area contributed by atoms with Crippen molar-refractivity contribution in [2.24, 2.45) is 5.92 Å². The van der Waals surface area contributed by atoms with Gasteiger partial charge >= 0.3 is 0 Å². The summed E-state index contributed by atoms with van der Waals surface area (Å²) in [6, 6.07) is 9.66. The standard InChI is InChI=1S/C18H20N6O/c25-17(20-12-14-6-8-19-9-7-14)15-4-3-10-23(13-15)18-22-21-16-5-1-2-11-24(16)18/h1-2,5-9,11,15H,3-4,10,12-13H2,(H,20,25). The lowest BCUT2D eigenvalue weighted by Gasteiger charge is -2.32. The number of pyridine rings is 2. The van der Waals surface area contributed by atoms with Crippen LogP contribution in [0.25, 0.3) is 5.65 Å². The molecule has 25 heavy (non-hydrogen) atoms. The summed E-state index contributed by atoms with van der Waals surface area (Å²) in [5.41, 5.74) is 1.88. The van der Waals surface area contributed by atoms with Crippen LogP contribution in [0.15, 0.2) is 48.9 Å². The lowest BCUT2D eigenvalue weighted by atomic mass is 9.97. The van der Waals surface area contributed by atoms with Gasteiger partial charge in [-0.05, 0) is 42.7 Å². The van der Waals surface area contributed by atoms with Gasteiger partial charge in [-0.15, -0.1) is 10.2 Å². The molecule has 0 radical (unpaired) electrons. The molecule has 0 bridgehead atoms. The van der Waals surface area contributed by atoms with Crippen molar-refractivity contribution in [1.82, 2.24) is 24.9 Å². The minimum absolute atomic E-state index is 0.0355. The third-order valence-electron chi connectivity index (χ3n) is 4.59. The van der Waals surface area contributed by atoms with Crippen molar-refractivity contribution in [2.75, 3.05) is 18.0 Å². The fourth-order valence-corrected chi connectivity index (χ4v) is 3.25. The van der Waals surface area contributed by atoms with Crippen molar-refractivity contribution in [3.63, 3.8) is 0 Å². The zero-order valence-corrected chi connectivity index (χ0v) is 13.9. The van der Waals surface area contributed by atoms with E-state index in [-0.39, 0.29) is 11.8 Å². The van der Waals surface area contributed by atoms with Crippen LogP contribution in [0.2, 0.25) is 0 Å². The van der Waals surface area contributed by atoms with Crippen molar-refractivity contribution >= 4 is 17.5 Å². The van der Waals surface area contributed by atoms with Gasteiger partial charge in [0.15, 0.2) is 5.65 Å². The monoisotopic (exact) mass is 336 g/mol. The van der Waals surface area contributed by atoms with Crippen molar-refractivity contribution in [2.45, 2.75) is 19.4 Å². The van der Waals surface area contributed by atoms with E-state index in [2.05, 4.69) is 25.4 Å². The summed E-state index contributed by atoms with van der Waals surface area (Å²) in [5, 5.41) is 11.5. The van der Waals surface area contributed by atoms with Crippen LogP contribution in [0.3, 0.4) is 0 Å². The molecule has 1 aliphatic rings. The third kappa shape index (κ3) is 3.31. The number of nitrogens with zero attached hydrogens (tertiary/aromatic N) is 5. The molecular weight excluding hydrogens is 316 g/mol. The Hall–Kier alpha value is -2.96. The molecule has 128 valence electrons. The Morgan fingerprint density at radius 1 is 1.20 bits per heavy atom. The molecular formula is C18H20N6O. The number of hydrogen-bond acceptors (Lipinski definition) is 5. The highest BCUT2D eigenvalue weighted by Crippen LogP contribution is 2.22. The fourth-order valence-electron chi connectivity index (χ4n) is 3.25. The molecule has 0 aromatic carbocycles. The normalized spacial score (nSPS) is 17.6. The average molecular weight is 336 g/mol. The second-order valence-corrected chi connectivity index (χ2v) is 6.29. The molecule has 1 amide bonds. The summed E-state index contributed by atoms with van der Waals surface area (Å²) in [6.07, 6.45) is 7.29. The zero-order chi connectivity index (χ0) is 17.1. The van der Waals surface area contributed by atoms with E-state index in [4.69, 9.17) is 0 Å². The molecule has 4 heterocycles. The van der Waals surface area contributed by atoms with Crippen molar-refractivity contribution in [1.29, 1.82) is 0 Å². The Kier molecular flexibility index (Phi) is 4.28. The van der Waals surface area contributed by atoms with Gasteiger partial charge in [0.2, 0.25) is 11.9 Å². The first-order valence-corrected chi connectivity index (χ1v) is 8.52. The minimum atomic E-state index is -0.0355. The zero-order valence-electron chi connectivity index (χ0n) is 13.9. The molecule has 1 saturated heterocycles. The van der Waals surface area contributed by atoms with E-state index in [9.17, 15) is 4.79 Å². The summed E-state index contributed by atoms with van der Waals surface area (Å²) >= 11 is 0. The Morgan fingerprint density at radius 3 is 2.96 bits per heavy atom. The summed E-state index contributed by atoms with van der Waals surface area (Å²) in [6.45, 7) is 2.09. The van der Waals surface area contributed by atoms with Crippen molar-refractivity contribution < 1.29 is 4.79 Å². The highest BCUT2D eigenvalue weighted by atomic mass is 16.1. The number of rotatable bonds is 4. The predicted molar refractivity (Wildman–Crippen MR) is 94.0 cm³/mol. The number of carbonyl (C=O) groups is 1. The van der Waals surface area contributed by atoms with E-state index in [1.807, 2.05) is 40.9 Å². The number of anilines is 1. The molecule has 1 N–H and O–H groups in total. The molecule has 0 spiro atoms. The maximum atomic E-state index is 12.6. The lowest BCUT2D eigenvalue weighted by Crippen LogP contribution is -2.43. The highest BCUT2D eigenvalue weighted by Gasteiger charge is 2.27. The van der Waals surface area contributed by atoms with Gasteiger partial charge in [-0.3, -0.25) is 14.2 Å². The maximum absolute atomic E-state index is 12.6. The van der Waals surface area contributed by atoms with Gasteiger partial charge < -0.3 is 10.2 Å². The quantitative estimate of drug-likeness (QED) is 0.784. The van der Waals surface area contributed by atoms with Gasteiger partial charge in [0.1, 0.15) is 0 Å². The minimum Gasteiger partial charge on any atom is -0.352 e. The van der Waals surface area contributed by atoms with E-state index >= 15 is 0 Å². The Balaban J connectivity index is 1.43. The van der Waals surface area contributed by atoms with E-state index in [1.165, 1.54) is 0 Å². The van der Waals surface area contributed by atoms with Gasteiger partial charge in [-0.25, -0.2) is 0 Å². The van der Waals surface area contributed by atoms with Crippen LogP contribution >= 0.6 is 0 Å². The highest BCUT2D eigenvalue weighted by molar-refractivity contribution is 5.79. The molecule has 1 atom stereocenters. The van der Waals surface area contributed by atoms with Crippen LogP contribution in [0, 0.1) is 5.92 Å². The first-order valence-electron chi connectivity index (χ1n) is 8.52. The number of nitrogens with one attached hydrogen (secondary N) is 1. The molecule has 1 fully saturated rings. The molecule has 3 aromatic heterocycles. The Labute approximate surface area is 145 Å². The van der Waals surface area contributed by atoms with Crippen LogP contribution in [0.5, 0.6) is 0 Å². The smallest absolute Gasteiger partial charge is 0.231 e. The number of fused-ring (bicyclic) bond motifs is 1. The van der Waals surface area contributed by atoms with Gasteiger partial charge in [0.25, 0.3) is 0 Å². The van der Waals surface area contributed by atoms with Crippen molar-refractivity contribution in [3.8, 4) is 0 Å². The molecule has 1 unspecified atom stereocenters. The van der Waals surface area contributed by atoms with E-state index in [0.717, 1.165) is 36.5 Å². The molecule has 0 saturated carbocycles. The summed E-state index contributed by atoms with van der Waals surface area (Å²) in [5.74, 6) is 0.865. The summed E-state index contributed by atoms with van der Waals surface area (Å²) in [4.78, 5) is 18.7. The van der Waals surface area contributed by atoms with E-state index < -0.39 is 0 Å².